The Kier molecular flexibility index (Phi) is 3.86. The predicted octanol–water partition coefficient (Wildman–Crippen LogP) is -0.148. The molecule has 1 atom stereocenters. The van der Waals surface area contributed by atoms with Crippen molar-refractivity contribution in [2.45, 2.75) is 12.5 Å². The van der Waals surface area contributed by atoms with Crippen molar-refractivity contribution in [2.75, 3.05) is 0 Å². The van der Waals surface area contributed by atoms with Crippen molar-refractivity contribution < 1.29 is 9.59 Å². The molecule has 6 nitrogen and oxygen atoms in total. The molecule has 1 unspecified atom stereocenters. The average Bonchev–Trinajstić information content (AvgIpc) is 2.81. The highest BCUT2D eigenvalue weighted by atomic mass is 16.2. The van der Waals surface area contributed by atoms with Crippen molar-refractivity contribution in [1.29, 1.82) is 0 Å². The van der Waals surface area contributed by atoms with Gasteiger partial charge in [-0.05, 0) is 11.6 Å². The molecule has 0 spiro atoms. The molecule has 0 fully saturated rings. The number of hydrogen-bond acceptors (Lipinski definition) is 3. The number of rotatable bonds is 5. The third-order valence-electron chi connectivity index (χ3n) is 2.91. The summed E-state index contributed by atoms with van der Waals surface area (Å²) in [5.41, 5.74) is 12.3. The van der Waals surface area contributed by atoms with Gasteiger partial charge >= 0.3 is 7.41 Å². The molecule has 1 aromatic heterocycles. The molecule has 19 heavy (non-hydrogen) atoms. The molecule has 0 aliphatic rings. The van der Waals surface area contributed by atoms with Crippen LogP contribution in [0.3, 0.4) is 0 Å². The van der Waals surface area contributed by atoms with E-state index in [1.807, 2.05) is 24.3 Å². The number of nitrogens with one attached hydrogen (secondary N) is 2. The molecule has 1 radical (unpaired) electrons. The van der Waals surface area contributed by atoms with Gasteiger partial charge in [0.2, 0.25) is 5.91 Å². The van der Waals surface area contributed by atoms with Crippen LogP contribution < -0.4 is 16.7 Å². The second kappa shape index (κ2) is 5.58. The number of primary amides is 1. The van der Waals surface area contributed by atoms with E-state index in [2.05, 4.69) is 10.3 Å². The number of benzene rings is 1. The monoisotopic (exact) mass is 257 g/mol. The number of hydrogen-bond donors (Lipinski definition) is 4. The van der Waals surface area contributed by atoms with Crippen molar-refractivity contribution in [3.8, 4) is 0 Å². The van der Waals surface area contributed by atoms with Crippen molar-refractivity contribution in [3.63, 3.8) is 0 Å². The van der Waals surface area contributed by atoms with E-state index in [1.165, 1.54) is 0 Å². The largest absolute Gasteiger partial charge is 0.368 e. The van der Waals surface area contributed by atoms with Gasteiger partial charge in [0.05, 0.1) is 0 Å². The lowest BCUT2D eigenvalue weighted by atomic mass is 9.94. The minimum atomic E-state index is -0.786. The van der Waals surface area contributed by atoms with Crippen LogP contribution in [0.5, 0.6) is 0 Å². The predicted molar refractivity (Wildman–Crippen MR) is 73.5 cm³/mol. The van der Waals surface area contributed by atoms with Gasteiger partial charge in [0.1, 0.15) is 6.04 Å². The van der Waals surface area contributed by atoms with Gasteiger partial charge in [-0.15, -0.1) is 0 Å². The van der Waals surface area contributed by atoms with E-state index >= 15 is 0 Å². The fourth-order valence-electron chi connectivity index (χ4n) is 1.96. The molecule has 7 heteroatoms. The first-order valence-corrected chi connectivity index (χ1v) is 5.81. The van der Waals surface area contributed by atoms with Gasteiger partial charge < -0.3 is 21.7 Å². The number of amides is 2. The first-order valence-electron chi connectivity index (χ1n) is 5.81. The topological polar surface area (TPSA) is 114 Å². The highest BCUT2D eigenvalue weighted by molar-refractivity contribution is 6.71. The van der Waals surface area contributed by atoms with Crippen molar-refractivity contribution >= 4 is 30.0 Å². The van der Waals surface area contributed by atoms with Crippen LogP contribution in [0.4, 0.5) is 4.79 Å². The van der Waals surface area contributed by atoms with E-state index in [-0.39, 0.29) is 0 Å². The molecule has 2 rings (SSSR count). The lowest BCUT2D eigenvalue weighted by Gasteiger charge is -2.14. The fourth-order valence-corrected chi connectivity index (χ4v) is 1.96. The Hall–Kier alpha value is -2.28. The number of para-hydroxylation sites is 1. The third kappa shape index (κ3) is 2.94. The van der Waals surface area contributed by atoms with Crippen LogP contribution in [0, 0.1) is 0 Å². The van der Waals surface area contributed by atoms with Gasteiger partial charge in [-0.2, -0.15) is 0 Å². The third-order valence-corrected chi connectivity index (χ3v) is 2.91. The number of nitrogens with two attached hydrogens (primary N) is 2. The molecular weight excluding hydrogens is 243 g/mol. The number of carbonyl (C=O) groups excluding carboxylic acids is 2. The maximum Gasteiger partial charge on any atom is 0.323 e. The molecule has 0 saturated carbocycles. The zero-order valence-electron chi connectivity index (χ0n) is 10.2. The highest BCUT2D eigenvalue weighted by Gasteiger charge is 2.19. The van der Waals surface area contributed by atoms with Gasteiger partial charge in [-0.1, -0.05) is 18.2 Å². The molecule has 0 aliphatic heterocycles. The Morgan fingerprint density at radius 2 is 2.11 bits per heavy atom. The molecule has 6 N–H and O–H groups in total. The number of H-pyrrole nitrogens is 1. The number of aromatic nitrogens is 1. The molecule has 2 aromatic rings. The standard InChI is InChI=1S/C12H14BN4O2/c14-11(18)10(17-12(19)13-15)5-7-6-16-9-4-2-1-3-8(7)9/h1-4,6,10,16H,5,15H2,(H2,14,18)(H,17,19). The summed E-state index contributed by atoms with van der Waals surface area (Å²) < 4.78 is 0. The number of fused-ring (bicyclic) bond motifs is 1. The number of aromatic amines is 1. The molecule has 2 amide bonds. The van der Waals surface area contributed by atoms with E-state index in [9.17, 15) is 9.59 Å². The van der Waals surface area contributed by atoms with E-state index in [1.54, 1.807) is 6.20 Å². The van der Waals surface area contributed by atoms with Crippen molar-refractivity contribution in [2.24, 2.45) is 11.4 Å². The minimum Gasteiger partial charge on any atom is -0.368 e. The maximum atomic E-state index is 11.4. The molecule has 97 valence electrons. The highest BCUT2D eigenvalue weighted by Crippen LogP contribution is 2.18. The summed E-state index contributed by atoms with van der Waals surface area (Å²) in [5.74, 6) is -1.12. The van der Waals surface area contributed by atoms with E-state index in [0.717, 1.165) is 23.9 Å². The molecular formula is C12H14BN4O2. The summed E-state index contributed by atoms with van der Waals surface area (Å²) in [6.07, 6.45) is 2.12. The maximum absolute atomic E-state index is 11.4. The molecule has 0 aliphatic carbocycles. The van der Waals surface area contributed by atoms with Crippen LogP contribution in [0.25, 0.3) is 10.9 Å². The summed E-state index contributed by atoms with van der Waals surface area (Å²) >= 11 is 0. The van der Waals surface area contributed by atoms with Crippen molar-refractivity contribution in [1.82, 2.24) is 10.3 Å². The van der Waals surface area contributed by atoms with Gasteiger partial charge in [0, 0.05) is 23.5 Å². The zero-order valence-corrected chi connectivity index (χ0v) is 10.2. The van der Waals surface area contributed by atoms with E-state index in [4.69, 9.17) is 11.4 Å². The van der Waals surface area contributed by atoms with Gasteiger partial charge in [-0.3, -0.25) is 9.59 Å². The summed E-state index contributed by atoms with van der Waals surface area (Å²) in [6.45, 7) is 0. The Morgan fingerprint density at radius 1 is 1.37 bits per heavy atom. The van der Waals surface area contributed by atoms with E-state index < -0.39 is 17.8 Å². The Labute approximate surface area is 110 Å². The fraction of sp³-hybridized carbons (Fsp3) is 0.167. The zero-order chi connectivity index (χ0) is 13.8. The average molecular weight is 257 g/mol. The van der Waals surface area contributed by atoms with Crippen LogP contribution in [0.1, 0.15) is 5.56 Å². The van der Waals surface area contributed by atoms with Crippen LogP contribution >= 0.6 is 0 Å². The summed E-state index contributed by atoms with van der Waals surface area (Å²) in [4.78, 5) is 25.7. The van der Waals surface area contributed by atoms with E-state index in [0.29, 0.717) is 6.42 Å². The lowest BCUT2D eigenvalue weighted by molar-refractivity contribution is -0.119. The Morgan fingerprint density at radius 3 is 2.79 bits per heavy atom. The smallest absolute Gasteiger partial charge is 0.323 e. The summed E-state index contributed by atoms with van der Waals surface area (Å²) in [6, 6.07) is 6.91. The lowest BCUT2D eigenvalue weighted by Crippen LogP contribution is -2.48. The first kappa shape index (κ1) is 13.2. The second-order valence-electron chi connectivity index (χ2n) is 4.19. The van der Waals surface area contributed by atoms with Crippen molar-refractivity contribution in [3.05, 3.63) is 36.0 Å². The van der Waals surface area contributed by atoms with Crippen LogP contribution in [-0.2, 0) is 11.2 Å². The van der Waals surface area contributed by atoms with Crippen LogP contribution in [0.2, 0.25) is 0 Å². The summed E-state index contributed by atoms with van der Waals surface area (Å²) in [5, 5.41) is 3.46. The summed E-state index contributed by atoms with van der Waals surface area (Å²) in [7, 11) is 0.866. The Bertz CT molecular complexity index is 611. The Balaban J connectivity index is 2.21. The van der Waals surface area contributed by atoms with Crippen LogP contribution in [-0.4, -0.2) is 30.2 Å². The molecule has 0 bridgehead atoms. The van der Waals surface area contributed by atoms with Gasteiger partial charge in [0.25, 0.3) is 0 Å². The minimum absolute atomic E-state index is 0.318. The SMILES string of the molecule is N[B]C(=O)NC(Cc1c[nH]c2ccccc12)C(N)=O. The van der Waals surface area contributed by atoms with Gasteiger partial charge in [0.15, 0.2) is 5.81 Å². The first-order chi connectivity index (χ1) is 9.11. The quantitative estimate of drug-likeness (QED) is 0.558. The van der Waals surface area contributed by atoms with Gasteiger partial charge in [-0.25, -0.2) is 0 Å². The second-order valence-corrected chi connectivity index (χ2v) is 4.19. The molecule has 1 heterocycles. The van der Waals surface area contributed by atoms with Crippen LogP contribution in [0.15, 0.2) is 30.5 Å². The molecule has 0 saturated heterocycles. The molecule has 1 aromatic carbocycles. The number of carbonyl (C=O) groups is 2. The normalized spacial score (nSPS) is 12.1.